The summed E-state index contributed by atoms with van der Waals surface area (Å²) < 4.78 is 13.4. The first-order valence-electron chi connectivity index (χ1n) is 5.92. The third-order valence-corrected chi connectivity index (χ3v) is 2.98. The second-order valence-electron chi connectivity index (χ2n) is 4.16. The lowest BCUT2D eigenvalue weighted by Crippen LogP contribution is -2.22. The zero-order valence-corrected chi connectivity index (χ0v) is 10.1. The van der Waals surface area contributed by atoms with E-state index in [2.05, 4.69) is 19.2 Å². The summed E-state index contributed by atoms with van der Waals surface area (Å²) in [6.45, 7) is 5.87. The molecule has 1 aromatic carbocycles. The number of nitrogens with one attached hydrogen (secondary N) is 1. The molecule has 0 aliphatic carbocycles. The maximum Gasteiger partial charge on any atom is 0.129 e. The van der Waals surface area contributed by atoms with Crippen molar-refractivity contribution in [2.45, 2.75) is 33.2 Å². The van der Waals surface area contributed by atoms with Gasteiger partial charge in [0.05, 0.1) is 0 Å². The summed E-state index contributed by atoms with van der Waals surface area (Å²) in [5.41, 5.74) is 6.64. The van der Waals surface area contributed by atoms with Gasteiger partial charge in [-0.25, -0.2) is 4.39 Å². The van der Waals surface area contributed by atoms with E-state index >= 15 is 0 Å². The molecule has 0 bridgehead atoms. The predicted molar refractivity (Wildman–Crippen MR) is 66.6 cm³/mol. The smallest absolute Gasteiger partial charge is 0.129 e. The Bertz CT molecular complexity index is 322. The Hall–Kier alpha value is -1.09. The van der Waals surface area contributed by atoms with Crippen LogP contribution in [0, 0.1) is 11.7 Å². The Labute approximate surface area is 97.0 Å². The van der Waals surface area contributed by atoms with Gasteiger partial charge in [0.2, 0.25) is 0 Å². The molecule has 0 aromatic heterocycles. The van der Waals surface area contributed by atoms with E-state index < -0.39 is 0 Å². The minimum absolute atomic E-state index is 0.225. The Kier molecular flexibility index (Phi) is 5.26. The molecule has 0 spiro atoms. The van der Waals surface area contributed by atoms with Crippen LogP contribution >= 0.6 is 0 Å². The molecular weight excluding hydrogens is 203 g/mol. The molecule has 3 N–H and O–H groups in total. The molecule has 2 nitrogen and oxygen atoms in total. The molecule has 0 saturated heterocycles. The highest BCUT2D eigenvalue weighted by Crippen LogP contribution is 2.12. The summed E-state index contributed by atoms with van der Waals surface area (Å²) >= 11 is 0. The Morgan fingerprint density at radius 2 is 2.00 bits per heavy atom. The Morgan fingerprint density at radius 3 is 2.56 bits per heavy atom. The van der Waals surface area contributed by atoms with Crippen LogP contribution in [0.5, 0.6) is 0 Å². The van der Waals surface area contributed by atoms with Crippen molar-refractivity contribution in [2.24, 2.45) is 5.92 Å². The maximum atomic E-state index is 13.4. The molecule has 0 fully saturated rings. The van der Waals surface area contributed by atoms with Crippen LogP contribution in [0.15, 0.2) is 18.2 Å². The molecule has 90 valence electrons. The highest BCUT2D eigenvalue weighted by Gasteiger charge is 2.05. The first-order valence-corrected chi connectivity index (χ1v) is 5.92. The molecule has 0 unspecified atom stereocenters. The van der Waals surface area contributed by atoms with Gasteiger partial charge in [-0.2, -0.15) is 0 Å². The number of halogens is 1. The third kappa shape index (κ3) is 3.81. The summed E-state index contributed by atoms with van der Waals surface area (Å²) in [7, 11) is 0. The van der Waals surface area contributed by atoms with Crippen LogP contribution in [0.2, 0.25) is 0 Å². The number of nitrogens with two attached hydrogens (primary N) is 1. The third-order valence-electron chi connectivity index (χ3n) is 2.98. The average Bonchev–Trinajstić information content (AvgIpc) is 2.27. The monoisotopic (exact) mass is 224 g/mol. The van der Waals surface area contributed by atoms with Gasteiger partial charge >= 0.3 is 0 Å². The normalized spacial score (nSPS) is 11.0. The fourth-order valence-electron chi connectivity index (χ4n) is 1.70. The molecular formula is C13H21FN2. The van der Waals surface area contributed by atoms with Crippen LogP contribution in [-0.2, 0) is 6.54 Å². The molecule has 0 radical (unpaired) electrons. The van der Waals surface area contributed by atoms with E-state index in [9.17, 15) is 4.39 Å². The summed E-state index contributed by atoms with van der Waals surface area (Å²) in [5, 5.41) is 3.28. The minimum Gasteiger partial charge on any atom is -0.399 e. The van der Waals surface area contributed by atoms with Crippen LogP contribution in [0.3, 0.4) is 0 Å². The number of hydrogen-bond donors (Lipinski definition) is 2. The van der Waals surface area contributed by atoms with Gasteiger partial charge in [-0.3, -0.25) is 0 Å². The van der Waals surface area contributed by atoms with Crippen molar-refractivity contribution in [2.75, 3.05) is 12.3 Å². The minimum atomic E-state index is -0.225. The van der Waals surface area contributed by atoms with Crippen molar-refractivity contribution in [3.63, 3.8) is 0 Å². The highest BCUT2D eigenvalue weighted by atomic mass is 19.1. The van der Waals surface area contributed by atoms with Gasteiger partial charge in [0.25, 0.3) is 0 Å². The molecule has 0 saturated carbocycles. The topological polar surface area (TPSA) is 38.0 Å². The van der Waals surface area contributed by atoms with E-state index in [1.165, 1.54) is 6.07 Å². The van der Waals surface area contributed by atoms with Gasteiger partial charge in [0, 0.05) is 17.8 Å². The summed E-state index contributed by atoms with van der Waals surface area (Å²) in [5.74, 6) is 0.453. The number of rotatable bonds is 6. The molecule has 0 aliphatic rings. The van der Waals surface area contributed by atoms with Crippen LogP contribution in [0.4, 0.5) is 10.1 Å². The van der Waals surface area contributed by atoms with Crippen LogP contribution in [-0.4, -0.2) is 6.54 Å². The quantitative estimate of drug-likeness (QED) is 0.729. The molecule has 1 aromatic rings. The van der Waals surface area contributed by atoms with Crippen LogP contribution < -0.4 is 11.1 Å². The predicted octanol–water partition coefficient (Wildman–Crippen LogP) is 2.93. The summed E-state index contributed by atoms with van der Waals surface area (Å²) in [6.07, 6.45) is 2.32. The largest absolute Gasteiger partial charge is 0.399 e. The van der Waals surface area contributed by atoms with Crippen LogP contribution in [0.25, 0.3) is 0 Å². The molecule has 3 heteroatoms. The van der Waals surface area contributed by atoms with E-state index in [0.29, 0.717) is 23.7 Å². The Balaban J connectivity index is 2.42. The second kappa shape index (κ2) is 6.48. The van der Waals surface area contributed by atoms with Gasteiger partial charge < -0.3 is 11.1 Å². The van der Waals surface area contributed by atoms with Crippen molar-refractivity contribution in [3.05, 3.63) is 29.6 Å². The first kappa shape index (κ1) is 13.0. The highest BCUT2D eigenvalue weighted by molar-refractivity contribution is 5.40. The van der Waals surface area contributed by atoms with Gasteiger partial charge in [-0.1, -0.05) is 32.8 Å². The van der Waals surface area contributed by atoms with Crippen molar-refractivity contribution in [1.82, 2.24) is 5.32 Å². The van der Waals surface area contributed by atoms with E-state index in [1.807, 2.05) is 0 Å². The molecule has 1 rings (SSSR count). The van der Waals surface area contributed by atoms with Crippen molar-refractivity contribution in [1.29, 1.82) is 0 Å². The number of nitrogen functional groups attached to an aromatic ring is 1. The van der Waals surface area contributed by atoms with Crippen molar-refractivity contribution >= 4 is 5.69 Å². The summed E-state index contributed by atoms with van der Waals surface area (Å²) in [6, 6.07) is 4.84. The fraction of sp³-hybridized carbons (Fsp3) is 0.538. The van der Waals surface area contributed by atoms with E-state index in [4.69, 9.17) is 5.73 Å². The van der Waals surface area contributed by atoms with Gasteiger partial charge in [0.1, 0.15) is 5.82 Å². The molecule has 16 heavy (non-hydrogen) atoms. The standard InChI is InChI=1S/C13H21FN2/c1-3-10(4-2)8-16-9-11-5-6-12(15)7-13(11)14/h5-7,10,16H,3-4,8-9,15H2,1-2H3. The zero-order chi connectivity index (χ0) is 12.0. The molecule has 0 amide bonds. The maximum absolute atomic E-state index is 13.4. The fourth-order valence-corrected chi connectivity index (χ4v) is 1.70. The van der Waals surface area contributed by atoms with Gasteiger partial charge in [-0.15, -0.1) is 0 Å². The lowest BCUT2D eigenvalue weighted by molar-refractivity contribution is 0.446. The van der Waals surface area contributed by atoms with Gasteiger partial charge in [0.15, 0.2) is 0 Å². The SMILES string of the molecule is CCC(CC)CNCc1ccc(N)cc1F. The van der Waals surface area contributed by atoms with Crippen LogP contribution in [0.1, 0.15) is 32.3 Å². The van der Waals surface area contributed by atoms with E-state index in [1.54, 1.807) is 12.1 Å². The Morgan fingerprint density at radius 1 is 1.31 bits per heavy atom. The zero-order valence-electron chi connectivity index (χ0n) is 10.1. The summed E-state index contributed by atoms with van der Waals surface area (Å²) in [4.78, 5) is 0. The second-order valence-corrected chi connectivity index (χ2v) is 4.16. The number of hydrogen-bond acceptors (Lipinski definition) is 2. The number of anilines is 1. The van der Waals surface area contributed by atoms with Crippen molar-refractivity contribution < 1.29 is 4.39 Å². The average molecular weight is 224 g/mol. The van der Waals surface area contributed by atoms with Gasteiger partial charge in [-0.05, 0) is 24.6 Å². The molecule has 0 aliphatic heterocycles. The molecule has 0 atom stereocenters. The number of benzene rings is 1. The van der Waals surface area contributed by atoms with E-state index in [0.717, 1.165) is 19.4 Å². The molecule has 0 heterocycles. The van der Waals surface area contributed by atoms with Crippen molar-refractivity contribution in [3.8, 4) is 0 Å². The van der Waals surface area contributed by atoms with E-state index in [-0.39, 0.29) is 5.82 Å². The lowest BCUT2D eigenvalue weighted by Gasteiger charge is -2.13. The first-order chi connectivity index (χ1) is 7.67. The lowest BCUT2D eigenvalue weighted by atomic mass is 10.0.